The molecule has 0 bridgehead atoms. The summed E-state index contributed by atoms with van der Waals surface area (Å²) < 4.78 is 5.58. The lowest BCUT2D eigenvalue weighted by Gasteiger charge is -2.27. The highest BCUT2D eigenvalue weighted by molar-refractivity contribution is 5.85. The van der Waals surface area contributed by atoms with Crippen molar-refractivity contribution in [3.63, 3.8) is 0 Å². The van der Waals surface area contributed by atoms with Crippen LogP contribution in [0.2, 0.25) is 0 Å². The first kappa shape index (κ1) is 15.4. The van der Waals surface area contributed by atoms with E-state index in [9.17, 15) is 14.7 Å². The number of nitrogens with one attached hydrogen (secondary N) is 1. The van der Waals surface area contributed by atoms with Crippen LogP contribution in [0.15, 0.2) is 24.3 Å². The van der Waals surface area contributed by atoms with E-state index >= 15 is 0 Å². The topological polar surface area (TPSA) is 75.6 Å². The van der Waals surface area contributed by atoms with E-state index in [2.05, 4.69) is 5.32 Å². The van der Waals surface area contributed by atoms with Crippen LogP contribution in [0.5, 0.6) is 5.75 Å². The summed E-state index contributed by atoms with van der Waals surface area (Å²) in [6, 6.07) is 6.75. The van der Waals surface area contributed by atoms with Gasteiger partial charge in [-0.15, -0.1) is 0 Å². The number of rotatable bonds is 5. The van der Waals surface area contributed by atoms with Crippen LogP contribution in [0.4, 0.5) is 0 Å². The van der Waals surface area contributed by atoms with Gasteiger partial charge in [-0.3, -0.25) is 4.79 Å². The second-order valence-electron chi connectivity index (χ2n) is 5.53. The summed E-state index contributed by atoms with van der Waals surface area (Å²) in [5.41, 5.74) is 0.985. The van der Waals surface area contributed by atoms with Crippen LogP contribution in [0, 0.1) is 11.8 Å². The molecule has 0 fully saturated rings. The molecular formula is C16H21NO4. The Morgan fingerprint density at radius 1 is 1.43 bits per heavy atom. The molecule has 5 heteroatoms. The number of ether oxygens (including phenoxy) is 1. The molecule has 2 unspecified atom stereocenters. The summed E-state index contributed by atoms with van der Waals surface area (Å²) >= 11 is 0. The van der Waals surface area contributed by atoms with Gasteiger partial charge in [0.15, 0.2) is 0 Å². The molecule has 0 saturated heterocycles. The Morgan fingerprint density at radius 3 is 2.81 bits per heavy atom. The van der Waals surface area contributed by atoms with E-state index in [1.165, 1.54) is 0 Å². The lowest BCUT2D eigenvalue weighted by Crippen LogP contribution is -2.49. The molecule has 1 aliphatic rings. The second-order valence-corrected chi connectivity index (χ2v) is 5.53. The molecule has 1 heterocycles. The van der Waals surface area contributed by atoms with Gasteiger partial charge in [0.25, 0.3) is 0 Å². The van der Waals surface area contributed by atoms with Crippen LogP contribution < -0.4 is 10.1 Å². The number of para-hydroxylation sites is 1. The van der Waals surface area contributed by atoms with Gasteiger partial charge >= 0.3 is 5.97 Å². The Bertz CT molecular complexity index is 529. The fourth-order valence-corrected chi connectivity index (χ4v) is 2.45. The molecule has 0 saturated carbocycles. The summed E-state index contributed by atoms with van der Waals surface area (Å²) in [5.74, 6) is -0.889. The molecule has 0 aromatic heterocycles. The van der Waals surface area contributed by atoms with Crippen molar-refractivity contribution in [1.29, 1.82) is 0 Å². The molecule has 2 rings (SSSR count). The number of fused-ring (bicyclic) bond motifs is 1. The largest absolute Gasteiger partial charge is 0.492 e. The summed E-state index contributed by atoms with van der Waals surface area (Å²) in [4.78, 5) is 23.6. The van der Waals surface area contributed by atoms with Crippen molar-refractivity contribution in [2.24, 2.45) is 11.8 Å². The molecule has 0 spiro atoms. The van der Waals surface area contributed by atoms with Gasteiger partial charge in [-0.25, -0.2) is 4.79 Å². The molecule has 1 aromatic rings. The first-order valence-corrected chi connectivity index (χ1v) is 7.26. The number of hydrogen-bond acceptors (Lipinski definition) is 3. The van der Waals surface area contributed by atoms with Gasteiger partial charge in [0, 0.05) is 0 Å². The van der Waals surface area contributed by atoms with Crippen molar-refractivity contribution in [3.8, 4) is 5.75 Å². The Morgan fingerprint density at radius 2 is 2.14 bits per heavy atom. The Hall–Kier alpha value is -2.04. The number of amides is 1. The first-order chi connectivity index (χ1) is 10.0. The number of carbonyl (C=O) groups is 2. The molecule has 0 radical (unpaired) electrons. The minimum Gasteiger partial charge on any atom is -0.492 e. The van der Waals surface area contributed by atoms with Gasteiger partial charge in [-0.1, -0.05) is 38.5 Å². The van der Waals surface area contributed by atoms with Gasteiger partial charge in [-0.05, 0) is 24.0 Å². The maximum Gasteiger partial charge on any atom is 0.326 e. The minimum atomic E-state index is -0.991. The number of carboxylic acids is 1. The molecule has 5 nitrogen and oxygen atoms in total. The fraction of sp³-hybridized carbons (Fsp3) is 0.500. The molecular weight excluding hydrogens is 270 g/mol. The summed E-state index contributed by atoms with van der Waals surface area (Å²) in [5, 5.41) is 11.9. The van der Waals surface area contributed by atoms with Crippen LogP contribution in [0.3, 0.4) is 0 Å². The van der Waals surface area contributed by atoms with E-state index in [-0.39, 0.29) is 24.3 Å². The Labute approximate surface area is 124 Å². The number of hydrogen-bond donors (Lipinski definition) is 2. The van der Waals surface area contributed by atoms with Gasteiger partial charge in [-0.2, -0.15) is 0 Å². The van der Waals surface area contributed by atoms with Crippen LogP contribution >= 0.6 is 0 Å². The van der Waals surface area contributed by atoms with E-state index < -0.39 is 12.0 Å². The molecule has 3 atom stereocenters. The fourth-order valence-electron chi connectivity index (χ4n) is 2.45. The van der Waals surface area contributed by atoms with Crippen molar-refractivity contribution in [2.75, 3.05) is 6.61 Å². The highest BCUT2D eigenvalue weighted by atomic mass is 16.5. The Kier molecular flexibility index (Phi) is 4.83. The van der Waals surface area contributed by atoms with Crippen molar-refractivity contribution in [3.05, 3.63) is 29.8 Å². The lowest BCUT2D eigenvalue weighted by atomic mass is 9.94. The zero-order chi connectivity index (χ0) is 15.4. The SMILES string of the molecule is CCC(C)[C@H](NC(=O)C1COc2ccccc2C1)C(=O)O. The third kappa shape index (κ3) is 3.54. The molecule has 0 aliphatic carbocycles. The molecule has 1 aromatic carbocycles. The normalized spacial score (nSPS) is 19.8. The van der Waals surface area contributed by atoms with Crippen LogP contribution in [-0.4, -0.2) is 29.6 Å². The predicted octanol–water partition coefficient (Wildman–Crippen LogP) is 1.85. The lowest BCUT2D eigenvalue weighted by molar-refractivity contribution is -0.144. The third-order valence-electron chi connectivity index (χ3n) is 4.03. The zero-order valence-corrected chi connectivity index (χ0v) is 12.3. The van der Waals surface area contributed by atoms with E-state index in [1.54, 1.807) is 0 Å². The quantitative estimate of drug-likeness (QED) is 0.868. The first-order valence-electron chi connectivity index (χ1n) is 7.26. The van der Waals surface area contributed by atoms with Crippen molar-refractivity contribution < 1.29 is 19.4 Å². The van der Waals surface area contributed by atoms with Crippen LogP contribution in [0.1, 0.15) is 25.8 Å². The number of carboxylic acid groups (broad SMARTS) is 1. The maximum absolute atomic E-state index is 12.3. The van der Waals surface area contributed by atoms with E-state index in [0.717, 1.165) is 11.3 Å². The van der Waals surface area contributed by atoms with Crippen molar-refractivity contribution >= 4 is 11.9 Å². The van der Waals surface area contributed by atoms with E-state index in [0.29, 0.717) is 12.8 Å². The van der Waals surface area contributed by atoms with Gasteiger partial charge in [0.05, 0.1) is 5.92 Å². The maximum atomic E-state index is 12.3. The van der Waals surface area contributed by atoms with Gasteiger partial charge in [0.2, 0.25) is 5.91 Å². The standard InChI is InChI=1S/C16H21NO4/c1-3-10(2)14(16(19)20)17-15(18)12-8-11-6-4-5-7-13(11)21-9-12/h4-7,10,12,14H,3,8-9H2,1-2H3,(H,17,18)(H,19,20)/t10?,12?,14-/m0/s1. The smallest absolute Gasteiger partial charge is 0.326 e. The molecule has 2 N–H and O–H groups in total. The van der Waals surface area contributed by atoms with E-state index in [4.69, 9.17) is 4.74 Å². The second kappa shape index (κ2) is 6.61. The summed E-state index contributed by atoms with van der Waals surface area (Å²) in [6.07, 6.45) is 1.27. The third-order valence-corrected chi connectivity index (χ3v) is 4.03. The number of carbonyl (C=O) groups excluding carboxylic acids is 1. The predicted molar refractivity (Wildman–Crippen MR) is 78.2 cm³/mol. The molecule has 114 valence electrons. The summed E-state index contributed by atoms with van der Waals surface area (Å²) in [7, 11) is 0. The average Bonchev–Trinajstić information content (AvgIpc) is 2.50. The highest BCUT2D eigenvalue weighted by Gasteiger charge is 2.31. The number of aliphatic carboxylic acids is 1. The number of benzene rings is 1. The molecule has 1 aliphatic heterocycles. The average molecular weight is 291 g/mol. The molecule has 21 heavy (non-hydrogen) atoms. The van der Waals surface area contributed by atoms with Gasteiger partial charge in [0.1, 0.15) is 18.4 Å². The van der Waals surface area contributed by atoms with Crippen molar-refractivity contribution in [2.45, 2.75) is 32.7 Å². The summed E-state index contributed by atoms with van der Waals surface area (Å²) in [6.45, 7) is 4.02. The van der Waals surface area contributed by atoms with Crippen molar-refractivity contribution in [1.82, 2.24) is 5.32 Å². The zero-order valence-electron chi connectivity index (χ0n) is 12.3. The van der Waals surface area contributed by atoms with E-state index in [1.807, 2.05) is 38.1 Å². The van der Waals surface area contributed by atoms with Crippen LogP contribution in [0.25, 0.3) is 0 Å². The van der Waals surface area contributed by atoms with Crippen LogP contribution in [-0.2, 0) is 16.0 Å². The Balaban J connectivity index is 2.03. The molecule has 1 amide bonds. The van der Waals surface area contributed by atoms with Gasteiger partial charge < -0.3 is 15.2 Å². The monoisotopic (exact) mass is 291 g/mol. The highest BCUT2D eigenvalue weighted by Crippen LogP contribution is 2.27. The minimum absolute atomic E-state index is 0.108.